The van der Waals surface area contributed by atoms with Gasteiger partial charge in [0.1, 0.15) is 0 Å². The van der Waals surface area contributed by atoms with Crippen molar-refractivity contribution in [3.05, 3.63) is 30.0 Å². The molecule has 0 saturated heterocycles. The zero-order chi connectivity index (χ0) is 14.9. The molecule has 21 heavy (non-hydrogen) atoms. The lowest BCUT2D eigenvalue weighted by atomic mass is 9.75. The minimum atomic E-state index is 0.0155. The number of aromatic nitrogens is 2. The number of hydrazine groups is 1. The highest BCUT2D eigenvalue weighted by Crippen LogP contribution is 2.39. The molecule has 0 radical (unpaired) electrons. The molecule has 2 aromatic rings. The van der Waals surface area contributed by atoms with Crippen LogP contribution in [0.15, 0.2) is 24.3 Å². The van der Waals surface area contributed by atoms with Gasteiger partial charge in [0.05, 0.1) is 16.8 Å². The van der Waals surface area contributed by atoms with Crippen molar-refractivity contribution in [3.63, 3.8) is 0 Å². The predicted octanol–water partition coefficient (Wildman–Crippen LogP) is 1.91. The maximum Gasteiger partial charge on any atom is 0.0719 e. The van der Waals surface area contributed by atoms with Crippen LogP contribution < -0.4 is 11.3 Å². The van der Waals surface area contributed by atoms with E-state index in [9.17, 15) is 0 Å². The number of nitrogens with two attached hydrogens (primary N) is 1. The van der Waals surface area contributed by atoms with Crippen LogP contribution in [0, 0.1) is 0 Å². The zero-order valence-electron chi connectivity index (χ0n) is 12.8. The van der Waals surface area contributed by atoms with Gasteiger partial charge in [-0.2, -0.15) is 5.10 Å². The summed E-state index contributed by atoms with van der Waals surface area (Å²) in [6, 6.07) is 8.50. The fraction of sp³-hybridized carbons (Fsp3) is 0.562. The highest BCUT2D eigenvalue weighted by Gasteiger charge is 2.39. The van der Waals surface area contributed by atoms with E-state index in [1.165, 1.54) is 11.8 Å². The fourth-order valence-corrected chi connectivity index (χ4v) is 3.37. The largest absolute Gasteiger partial charge is 0.378 e. The van der Waals surface area contributed by atoms with E-state index in [-0.39, 0.29) is 11.6 Å². The zero-order valence-corrected chi connectivity index (χ0v) is 12.8. The summed E-state index contributed by atoms with van der Waals surface area (Å²) in [4.78, 5) is 0. The molecule has 3 N–H and O–H groups in total. The Kier molecular flexibility index (Phi) is 3.97. The number of nitrogens with one attached hydrogen (secondary N) is 1. The molecule has 1 aliphatic rings. The Bertz CT molecular complexity index is 612. The minimum Gasteiger partial charge on any atom is -0.378 e. The Morgan fingerprint density at radius 3 is 2.81 bits per heavy atom. The topological polar surface area (TPSA) is 65.1 Å². The second-order valence-corrected chi connectivity index (χ2v) is 6.10. The smallest absolute Gasteiger partial charge is 0.0719 e. The molecule has 1 aromatic heterocycles. The van der Waals surface area contributed by atoms with E-state index in [0.717, 1.165) is 36.9 Å². The van der Waals surface area contributed by atoms with Gasteiger partial charge in [-0.15, -0.1) is 0 Å². The lowest BCUT2D eigenvalue weighted by Gasteiger charge is -2.42. The Morgan fingerprint density at radius 2 is 2.19 bits per heavy atom. The molecule has 1 saturated carbocycles. The molecule has 3 rings (SSSR count). The summed E-state index contributed by atoms with van der Waals surface area (Å²) in [6.07, 6.45) is 5.26. The Hall–Kier alpha value is -1.43. The van der Waals surface area contributed by atoms with Crippen LogP contribution in [0.5, 0.6) is 0 Å². The molecule has 1 fully saturated rings. The van der Waals surface area contributed by atoms with Crippen LogP contribution in [0.25, 0.3) is 10.9 Å². The van der Waals surface area contributed by atoms with Crippen molar-refractivity contribution in [1.82, 2.24) is 15.2 Å². The van der Waals surface area contributed by atoms with Gasteiger partial charge < -0.3 is 4.74 Å². The number of fused-ring (bicyclic) bond motifs is 1. The number of methoxy groups -OCH3 is 1. The SMILES string of the molecule is COC1(CC(Cc2nn(C)c3ccccc23)NN)CCC1. The van der Waals surface area contributed by atoms with Gasteiger partial charge in [0.2, 0.25) is 0 Å². The number of benzene rings is 1. The minimum absolute atomic E-state index is 0.0155. The molecular weight excluding hydrogens is 264 g/mol. The van der Waals surface area contributed by atoms with Crippen LogP contribution in [0.2, 0.25) is 0 Å². The van der Waals surface area contributed by atoms with Gasteiger partial charge in [-0.3, -0.25) is 16.0 Å². The molecule has 5 heteroatoms. The predicted molar refractivity (Wildman–Crippen MR) is 83.7 cm³/mol. The summed E-state index contributed by atoms with van der Waals surface area (Å²) >= 11 is 0. The highest BCUT2D eigenvalue weighted by molar-refractivity contribution is 5.81. The second-order valence-electron chi connectivity index (χ2n) is 6.10. The van der Waals surface area contributed by atoms with Crippen LogP contribution >= 0.6 is 0 Å². The number of nitrogens with zero attached hydrogens (tertiary/aromatic N) is 2. The van der Waals surface area contributed by atoms with E-state index < -0.39 is 0 Å². The Balaban J connectivity index is 1.79. The van der Waals surface area contributed by atoms with E-state index in [2.05, 4.69) is 28.7 Å². The molecule has 0 spiro atoms. The van der Waals surface area contributed by atoms with Crippen LogP contribution in [0.1, 0.15) is 31.4 Å². The molecule has 1 heterocycles. The average molecular weight is 288 g/mol. The van der Waals surface area contributed by atoms with Crippen molar-refractivity contribution in [1.29, 1.82) is 0 Å². The van der Waals surface area contributed by atoms with Crippen molar-refractivity contribution >= 4 is 10.9 Å². The number of ether oxygens (including phenoxy) is 1. The van der Waals surface area contributed by atoms with Gasteiger partial charge >= 0.3 is 0 Å². The third-order valence-corrected chi connectivity index (χ3v) is 4.83. The van der Waals surface area contributed by atoms with Crippen molar-refractivity contribution < 1.29 is 4.74 Å². The van der Waals surface area contributed by atoms with E-state index in [1.807, 2.05) is 24.9 Å². The van der Waals surface area contributed by atoms with Gasteiger partial charge in [-0.1, -0.05) is 18.2 Å². The van der Waals surface area contributed by atoms with Crippen molar-refractivity contribution in [2.75, 3.05) is 7.11 Å². The van der Waals surface area contributed by atoms with Gasteiger partial charge in [0.15, 0.2) is 0 Å². The Labute approximate surface area is 125 Å². The summed E-state index contributed by atoms with van der Waals surface area (Å²) in [5.41, 5.74) is 5.23. The van der Waals surface area contributed by atoms with Gasteiger partial charge in [0, 0.05) is 32.0 Å². The first-order valence-corrected chi connectivity index (χ1v) is 7.59. The summed E-state index contributed by atoms with van der Waals surface area (Å²) in [7, 11) is 3.79. The maximum absolute atomic E-state index is 5.77. The molecule has 1 aromatic carbocycles. The summed E-state index contributed by atoms with van der Waals surface area (Å²) in [6.45, 7) is 0. The molecule has 114 valence electrons. The standard InChI is InChI=1S/C16H24N4O/c1-20-15-7-4-3-6-13(15)14(19-20)10-12(18-17)11-16(21-2)8-5-9-16/h3-4,6-7,12,18H,5,8-11,17H2,1-2H3. The molecule has 1 aliphatic carbocycles. The first-order valence-electron chi connectivity index (χ1n) is 7.59. The molecule has 1 atom stereocenters. The fourth-order valence-electron chi connectivity index (χ4n) is 3.37. The molecule has 0 aliphatic heterocycles. The first kappa shape index (κ1) is 14.5. The van der Waals surface area contributed by atoms with E-state index in [1.54, 1.807) is 0 Å². The number of aryl methyl sites for hydroxylation is 1. The Morgan fingerprint density at radius 1 is 1.43 bits per heavy atom. The summed E-state index contributed by atoms with van der Waals surface area (Å²) in [5, 5.41) is 5.87. The highest BCUT2D eigenvalue weighted by atomic mass is 16.5. The normalized spacial score (nSPS) is 18.6. The van der Waals surface area contributed by atoms with Crippen LogP contribution in [-0.2, 0) is 18.2 Å². The summed E-state index contributed by atoms with van der Waals surface area (Å²) in [5.74, 6) is 5.77. The van der Waals surface area contributed by atoms with Gasteiger partial charge in [0.25, 0.3) is 0 Å². The van der Waals surface area contributed by atoms with E-state index in [4.69, 9.17) is 10.6 Å². The van der Waals surface area contributed by atoms with Crippen molar-refractivity contribution in [2.45, 2.75) is 43.7 Å². The van der Waals surface area contributed by atoms with Gasteiger partial charge in [-0.05, 0) is 31.7 Å². The number of hydrogen-bond acceptors (Lipinski definition) is 4. The molecule has 5 nitrogen and oxygen atoms in total. The van der Waals surface area contributed by atoms with Gasteiger partial charge in [-0.25, -0.2) is 0 Å². The number of rotatable bonds is 6. The van der Waals surface area contributed by atoms with E-state index >= 15 is 0 Å². The monoisotopic (exact) mass is 288 g/mol. The lowest BCUT2D eigenvalue weighted by Crippen LogP contribution is -2.48. The molecule has 1 unspecified atom stereocenters. The second kappa shape index (κ2) is 5.75. The maximum atomic E-state index is 5.77. The third-order valence-electron chi connectivity index (χ3n) is 4.83. The van der Waals surface area contributed by atoms with Crippen LogP contribution in [-0.4, -0.2) is 28.5 Å². The number of para-hydroxylation sites is 1. The molecule has 0 bridgehead atoms. The first-order chi connectivity index (χ1) is 10.2. The lowest BCUT2D eigenvalue weighted by molar-refractivity contribution is -0.0834. The number of hydrogen-bond donors (Lipinski definition) is 2. The van der Waals surface area contributed by atoms with Crippen molar-refractivity contribution in [2.24, 2.45) is 12.9 Å². The molecular formula is C16H24N4O. The quantitative estimate of drug-likeness (QED) is 0.629. The van der Waals surface area contributed by atoms with Crippen molar-refractivity contribution in [3.8, 4) is 0 Å². The van der Waals surface area contributed by atoms with Crippen LogP contribution in [0.3, 0.4) is 0 Å². The van der Waals surface area contributed by atoms with Crippen LogP contribution in [0.4, 0.5) is 0 Å². The molecule has 0 amide bonds. The van der Waals surface area contributed by atoms with E-state index in [0.29, 0.717) is 0 Å². The summed E-state index contributed by atoms with van der Waals surface area (Å²) < 4.78 is 7.65. The average Bonchev–Trinajstić information content (AvgIpc) is 2.78. The third kappa shape index (κ3) is 2.69.